The molecule has 0 aromatic heterocycles. The maximum absolute atomic E-state index is 14.1. The summed E-state index contributed by atoms with van der Waals surface area (Å²) in [5.74, 6) is -0.208. The lowest BCUT2D eigenvalue weighted by atomic mass is 9.95. The summed E-state index contributed by atoms with van der Waals surface area (Å²) in [6.07, 6.45) is 2.78. The van der Waals surface area contributed by atoms with Crippen molar-refractivity contribution in [3.8, 4) is 0 Å². The fourth-order valence-electron chi connectivity index (χ4n) is 3.01. The van der Waals surface area contributed by atoms with E-state index in [1.165, 1.54) is 6.07 Å². The van der Waals surface area contributed by atoms with Gasteiger partial charge in [0.2, 0.25) is 0 Å². The number of hydrogen-bond donors (Lipinski definition) is 2. The van der Waals surface area contributed by atoms with E-state index in [0.717, 1.165) is 25.8 Å². The zero-order valence-corrected chi connectivity index (χ0v) is 11.4. The number of hydrogen-bond acceptors (Lipinski definition) is 3. The molecular weight excluding hydrogens is 243 g/mol. The molecule has 0 saturated carbocycles. The lowest BCUT2D eigenvalue weighted by Crippen LogP contribution is -2.44. The molecule has 3 atom stereocenters. The predicted octanol–water partition coefficient (Wildman–Crippen LogP) is 2.06. The number of halogens is 1. The van der Waals surface area contributed by atoms with E-state index >= 15 is 0 Å². The molecule has 1 heterocycles. The van der Waals surface area contributed by atoms with Crippen LogP contribution < -0.4 is 5.73 Å². The first-order valence-corrected chi connectivity index (χ1v) is 7.05. The van der Waals surface area contributed by atoms with Gasteiger partial charge in [-0.15, -0.1) is 0 Å². The summed E-state index contributed by atoms with van der Waals surface area (Å²) in [5.41, 5.74) is 6.88. The van der Waals surface area contributed by atoms with Gasteiger partial charge in [-0.25, -0.2) is 4.39 Å². The third-order valence-corrected chi connectivity index (χ3v) is 4.09. The van der Waals surface area contributed by atoms with E-state index in [2.05, 4.69) is 4.90 Å². The third kappa shape index (κ3) is 2.96. The van der Waals surface area contributed by atoms with Gasteiger partial charge in [0.05, 0.1) is 12.6 Å². The SMILES string of the molecule is CCC(N)C(c1ccccc1F)N1CCCC1CO. The second-order valence-electron chi connectivity index (χ2n) is 5.25. The average molecular weight is 266 g/mol. The Morgan fingerprint density at radius 3 is 2.84 bits per heavy atom. The zero-order valence-electron chi connectivity index (χ0n) is 11.4. The number of rotatable bonds is 5. The van der Waals surface area contributed by atoms with Crippen molar-refractivity contribution in [1.29, 1.82) is 0 Å². The third-order valence-electron chi connectivity index (χ3n) is 4.09. The number of nitrogens with two attached hydrogens (primary N) is 1. The molecule has 0 bridgehead atoms. The molecule has 4 heteroatoms. The van der Waals surface area contributed by atoms with E-state index in [4.69, 9.17) is 5.73 Å². The van der Waals surface area contributed by atoms with Crippen LogP contribution in [0.4, 0.5) is 4.39 Å². The Labute approximate surface area is 114 Å². The fraction of sp³-hybridized carbons (Fsp3) is 0.600. The standard InChI is InChI=1S/C15H23FN2O/c1-2-14(17)15(12-7-3-4-8-13(12)16)18-9-5-6-11(18)10-19/h3-4,7-8,11,14-15,19H,2,5-6,9-10,17H2,1H3. The number of aliphatic hydroxyl groups is 1. The van der Waals surface area contributed by atoms with E-state index < -0.39 is 0 Å². The van der Waals surface area contributed by atoms with Crippen LogP contribution in [-0.4, -0.2) is 35.2 Å². The zero-order chi connectivity index (χ0) is 13.8. The van der Waals surface area contributed by atoms with E-state index in [-0.39, 0.29) is 30.5 Å². The molecule has 1 fully saturated rings. The molecule has 3 N–H and O–H groups in total. The maximum atomic E-state index is 14.1. The smallest absolute Gasteiger partial charge is 0.128 e. The molecule has 0 radical (unpaired) electrons. The lowest BCUT2D eigenvalue weighted by molar-refractivity contribution is 0.102. The van der Waals surface area contributed by atoms with Crippen LogP contribution in [-0.2, 0) is 0 Å². The fourth-order valence-corrected chi connectivity index (χ4v) is 3.01. The Balaban J connectivity index is 2.33. The number of likely N-dealkylation sites (tertiary alicyclic amines) is 1. The van der Waals surface area contributed by atoms with Gasteiger partial charge in [-0.05, 0) is 31.9 Å². The molecule has 1 aliphatic heterocycles. The van der Waals surface area contributed by atoms with Crippen LogP contribution >= 0.6 is 0 Å². The van der Waals surface area contributed by atoms with E-state index in [1.807, 2.05) is 19.1 Å². The molecule has 3 unspecified atom stereocenters. The van der Waals surface area contributed by atoms with Crippen molar-refractivity contribution in [3.63, 3.8) is 0 Å². The van der Waals surface area contributed by atoms with Gasteiger partial charge in [-0.1, -0.05) is 25.1 Å². The molecule has 1 aromatic carbocycles. The van der Waals surface area contributed by atoms with Gasteiger partial charge in [0.1, 0.15) is 5.82 Å². The van der Waals surface area contributed by atoms with Crippen molar-refractivity contribution in [2.45, 2.75) is 44.3 Å². The molecule has 0 amide bonds. The molecular formula is C15H23FN2O. The largest absolute Gasteiger partial charge is 0.395 e. The van der Waals surface area contributed by atoms with Crippen LogP contribution in [0.25, 0.3) is 0 Å². The Morgan fingerprint density at radius 2 is 2.21 bits per heavy atom. The van der Waals surface area contributed by atoms with Gasteiger partial charge < -0.3 is 10.8 Å². The highest BCUT2D eigenvalue weighted by Gasteiger charge is 2.35. The monoisotopic (exact) mass is 266 g/mol. The van der Waals surface area contributed by atoms with Crippen molar-refractivity contribution in [3.05, 3.63) is 35.6 Å². The van der Waals surface area contributed by atoms with Gasteiger partial charge in [0, 0.05) is 17.6 Å². The van der Waals surface area contributed by atoms with E-state index in [9.17, 15) is 9.50 Å². The minimum atomic E-state index is -0.208. The summed E-state index contributed by atoms with van der Waals surface area (Å²) in [6.45, 7) is 3.00. The minimum absolute atomic E-state index is 0.0993. The molecule has 1 aromatic rings. The van der Waals surface area contributed by atoms with Crippen LogP contribution in [0.3, 0.4) is 0 Å². The molecule has 0 aliphatic carbocycles. The quantitative estimate of drug-likeness (QED) is 0.857. The summed E-state index contributed by atoms with van der Waals surface area (Å²) in [4.78, 5) is 2.17. The van der Waals surface area contributed by atoms with E-state index in [1.54, 1.807) is 6.07 Å². The first-order chi connectivity index (χ1) is 9.19. The predicted molar refractivity (Wildman–Crippen MR) is 74.2 cm³/mol. The van der Waals surface area contributed by atoms with Gasteiger partial charge in [0.15, 0.2) is 0 Å². The normalized spacial score (nSPS) is 23.5. The molecule has 2 rings (SSSR count). The van der Waals surface area contributed by atoms with E-state index in [0.29, 0.717) is 5.56 Å². The molecule has 1 aliphatic rings. The Hall–Kier alpha value is -0.970. The Bertz CT molecular complexity index is 413. The highest BCUT2D eigenvalue weighted by atomic mass is 19.1. The van der Waals surface area contributed by atoms with Crippen LogP contribution in [0, 0.1) is 5.82 Å². The topological polar surface area (TPSA) is 49.5 Å². The van der Waals surface area contributed by atoms with Crippen molar-refractivity contribution in [2.24, 2.45) is 5.73 Å². The summed E-state index contributed by atoms with van der Waals surface area (Å²) >= 11 is 0. The summed E-state index contributed by atoms with van der Waals surface area (Å²) in [5, 5.41) is 9.48. The second-order valence-corrected chi connectivity index (χ2v) is 5.25. The minimum Gasteiger partial charge on any atom is -0.395 e. The van der Waals surface area contributed by atoms with Gasteiger partial charge in [-0.3, -0.25) is 4.90 Å². The van der Waals surface area contributed by atoms with Crippen molar-refractivity contribution in [1.82, 2.24) is 4.90 Å². The molecule has 1 saturated heterocycles. The lowest BCUT2D eigenvalue weighted by Gasteiger charge is -2.36. The molecule has 0 spiro atoms. The highest BCUT2D eigenvalue weighted by molar-refractivity contribution is 5.23. The average Bonchev–Trinajstić information content (AvgIpc) is 2.89. The van der Waals surface area contributed by atoms with Gasteiger partial charge in [0.25, 0.3) is 0 Å². The summed E-state index contributed by atoms with van der Waals surface area (Å²) < 4.78 is 14.1. The molecule has 19 heavy (non-hydrogen) atoms. The van der Waals surface area contributed by atoms with Crippen molar-refractivity contribution < 1.29 is 9.50 Å². The van der Waals surface area contributed by atoms with Crippen LogP contribution in [0.1, 0.15) is 37.8 Å². The highest BCUT2D eigenvalue weighted by Crippen LogP contribution is 2.33. The van der Waals surface area contributed by atoms with Crippen molar-refractivity contribution in [2.75, 3.05) is 13.2 Å². The number of aliphatic hydroxyl groups excluding tert-OH is 1. The molecule has 106 valence electrons. The van der Waals surface area contributed by atoms with Crippen LogP contribution in [0.15, 0.2) is 24.3 Å². The first-order valence-electron chi connectivity index (χ1n) is 7.05. The van der Waals surface area contributed by atoms with Gasteiger partial charge in [-0.2, -0.15) is 0 Å². The van der Waals surface area contributed by atoms with Gasteiger partial charge >= 0.3 is 0 Å². The number of nitrogens with zero attached hydrogens (tertiary/aromatic N) is 1. The van der Waals surface area contributed by atoms with Crippen LogP contribution in [0.5, 0.6) is 0 Å². The summed E-state index contributed by atoms with van der Waals surface area (Å²) in [6, 6.07) is 6.66. The Kier molecular flexibility index (Phi) is 4.91. The maximum Gasteiger partial charge on any atom is 0.128 e. The Morgan fingerprint density at radius 1 is 1.47 bits per heavy atom. The first kappa shape index (κ1) is 14.4. The summed E-state index contributed by atoms with van der Waals surface area (Å²) in [7, 11) is 0. The van der Waals surface area contributed by atoms with Crippen LogP contribution in [0.2, 0.25) is 0 Å². The molecule has 3 nitrogen and oxygen atoms in total. The second kappa shape index (κ2) is 6.46. The van der Waals surface area contributed by atoms with Crippen molar-refractivity contribution >= 4 is 0 Å². The number of benzene rings is 1.